The second kappa shape index (κ2) is 6.45. The fourth-order valence-corrected chi connectivity index (χ4v) is 2.76. The lowest BCUT2D eigenvalue weighted by Gasteiger charge is -2.06. The predicted molar refractivity (Wildman–Crippen MR) is 99.0 cm³/mol. The van der Waals surface area contributed by atoms with E-state index < -0.39 is 0 Å². The van der Waals surface area contributed by atoms with Gasteiger partial charge in [-0.1, -0.05) is 24.3 Å². The van der Waals surface area contributed by atoms with E-state index in [1.807, 2.05) is 30.3 Å². The van der Waals surface area contributed by atoms with Crippen molar-refractivity contribution in [1.82, 2.24) is 0 Å². The maximum Gasteiger partial charge on any atom is 0.218 e. The highest BCUT2D eigenvalue weighted by atomic mass is 32.1. The summed E-state index contributed by atoms with van der Waals surface area (Å²) in [5, 5.41) is 19.8. The van der Waals surface area contributed by atoms with Crippen LogP contribution in [-0.4, -0.2) is 10.2 Å². The molecule has 3 aromatic carbocycles. The zero-order valence-corrected chi connectivity index (χ0v) is 14.2. The minimum Gasteiger partial charge on any atom is -0.507 e. The van der Waals surface area contributed by atoms with Gasteiger partial charge in [-0.2, -0.15) is 5.11 Å². The van der Waals surface area contributed by atoms with Gasteiger partial charge in [0.15, 0.2) is 0 Å². The number of phenols is 1. The average Bonchev–Trinajstić information content (AvgIpc) is 2.56. The first-order valence-electron chi connectivity index (χ1n) is 7.44. The van der Waals surface area contributed by atoms with Gasteiger partial charge in [-0.25, -0.2) is 0 Å². The summed E-state index contributed by atoms with van der Waals surface area (Å²) >= 11 is 3.94. The van der Waals surface area contributed by atoms with E-state index in [0.717, 1.165) is 21.9 Å². The number of aryl methyl sites for hydroxylation is 2. The molecule has 0 aliphatic rings. The molecule has 0 saturated carbocycles. The van der Waals surface area contributed by atoms with Crippen molar-refractivity contribution in [1.29, 1.82) is 0 Å². The third kappa shape index (κ3) is 3.16. The number of hydrogen-bond donors (Lipinski definition) is 2. The van der Waals surface area contributed by atoms with Gasteiger partial charge in [0.25, 0.3) is 0 Å². The van der Waals surface area contributed by atoms with Crippen LogP contribution in [0.5, 0.6) is 5.75 Å². The number of nitrogens with zero attached hydrogens (tertiary/aromatic N) is 2. The molecular weight excluding hydrogens is 320 g/mol. The van der Waals surface area contributed by atoms with E-state index in [4.69, 9.17) is 0 Å². The molecule has 120 valence electrons. The van der Waals surface area contributed by atoms with Gasteiger partial charge >= 0.3 is 0 Å². The lowest BCUT2D eigenvalue weighted by Crippen LogP contribution is -1.90. The zero-order valence-electron chi connectivity index (χ0n) is 13.3. The molecule has 0 bridgehead atoms. The van der Waals surface area contributed by atoms with Crippen LogP contribution in [0.1, 0.15) is 21.5 Å². The van der Waals surface area contributed by atoms with Crippen molar-refractivity contribution in [2.75, 3.05) is 0 Å². The molecule has 0 heterocycles. The van der Waals surface area contributed by atoms with Crippen LogP contribution in [0, 0.1) is 13.8 Å². The van der Waals surface area contributed by atoms with E-state index in [2.05, 4.69) is 22.9 Å². The lowest BCUT2D eigenvalue weighted by atomic mass is 10.1. The summed E-state index contributed by atoms with van der Waals surface area (Å²) in [5.41, 5.74) is 2.96. The number of benzene rings is 3. The Morgan fingerprint density at radius 3 is 2.12 bits per heavy atom. The van der Waals surface area contributed by atoms with Crippen molar-refractivity contribution in [3.63, 3.8) is 0 Å². The molecule has 3 rings (SSSR count). The standard InChI is InChI=1S/C19H16N2O2S/c1-11-7-15(8-12(2)18(11)22)20-21-17-10-14-6-4-3-5-13(14)9-16(17)19(23)24/h3-10,22H,1-2H3,(H,23,24). The second-order valence-corrected chi connectivity index (χ2v) is 6.06. The van der Waals surface area contributed by atoms with E-state index in [0.29, 0.717) is 16.9 Å². The first-order valence-corrected chi connectivity index (χ1v) is 7.88. The quantitative estimate of drug-likeness (QED) is 0.480. The molecule has 0 spiro atoms. The third-order valence-corrected chi connectivity index (χ3v) is 4.08. The first-order chi connectivity index (χ1) is 11.5. The summed E-state index contributed by atoms with van der Waals surface area (Å²) < 4.78 is 0. The van der Waals surface area contributed by atoms with Crippen LogP contribution in [0.15, 0.2) is 58.8 Å². The van der Waals surface area contributed by atoms with Crippen molar-refractivity contribution >= 4 is 39.9 Å². The maximum absolute atomic E-state index is 11.8. The molecule has 0 fully saturated rings. The second-order valence-electron chi connectivity index (χ2n) is 5.65. The van der Waals surface area contributed by atoms with Gasteiger partial charge in [0, 0.05) is 0 Å². The maximum atomic E-state index is 11.8. The molecule has 0 aromatic heterocycles. The molecule has 0 amide bonds. The van der Waals surface area contributed by atoms with Gasteiger partial charge in [0.1, 0.15) is 5.75 Å². The van der Waals surface area contributed by atoms with Crippen molar-refractivity contribution in [3.05, 3.63) is 65.2 Å². The van der Waals surface area contributed by atoms with Gasteiger partial charge in [-0.15, -0.1) is 17.7 Å². The SMILES string of the molecule is Cc1cc(N=Nc2cc3ccccc3cc2C(=O)S)cc(C)c1O. The summed E-state index contributed by atoms with van der Waals surface area (Å²) in [4.78, 5) is 11.8. The van der Waals surface area contributed by atoms with Crippen LogP contribution in [0.25, 0.3) is 10.8 Å². The molecule has 0 aliphatic carbocycles. The van der Waals surface area contributed by atoms with Gasteiger partial charge < -0.3 is 5.11 Å². The van der Waals surface area contributed by atoms with Crippen molar-refractivity contribution in [2.45, 2.75) is 13.8 Å². The predicted octanol–water partition coefficient (Wildman–Crippen LogP) is 5.65. The molecule has 3 aromatic rings. The van der Waals surface area contributed by atoms with Crippen molar-refractivity contribution < 1.29 is 9.90 Å². The highest BCUT2D eigenvalue weighted by Crippen LogP contribution is 2.31. The van der Waals surface area contributed by atoms with E-state index in [-0.39, 0.29) is 10.9 Å². The summed E-state index contributed by atoms with van der Waals surface area (Å²) in [5.74, 6) is 0.255. The van der Waals surface area contributed by atoms with Crippen molar-refractivity contribution in [2.24, 2.45) is 10.2 Å². The Labute approximate surface area is 145 Å². The number of carbonyl (C=O) groups excluding carboxylic acids is 1. The number of hydrogen-bond acceptors (Lipinski definition) is 4. The van der Waals surface area contributed by atoms with Gasteiger partial charge in [0.2, 0.25) is 5.12 Å². The summed E-state index contributed by atoms with van der Waals surface area (Å²) in [6.07, 6.45) is 0. The number of aromatic hydroxyl groups is 1. The number of phenolic OH excluding ortho intramolecular Hbond substituents is 1. The molecule has 0 aliphatic heterocycles. The average molecular weight is 336 g/mol. The largest absolute Gasteiger partial charge is 0.507 e. The number of thiol groups is 1. The monoisotopic (exact) mass is 336 g/mol. The Balaban J connectivity index is 2.08. The lowest BCUT2D eigenvalue weighted by molar-refractivity contribution is 0.109. The van der Waals surface area contributed by atoms with Crippen molar-refractivity contribution in [3.8, 4) is 5.75 Å². The Morgan fingerprint density at radius 2 is 1.54 bits per heavy atom. The number of carbonyl (C=O) groups is 1. The minimum atomic E-state index is -0.354. The molecular formula is C19H16N2O2S. The van der Waals surface area contributed by atoms with Crippen LogP contribution in [0.4, 0.5) is 11.4 Å². The van der Waals surface area contributed by atoms with E-state index in [9.17, 15) is 9.90 Å². The molecule has 0 radical (unpaired) electrons. The Bertz CT molecular complexity index is 957. The molecule has 24 heavy (non-hydrogen) atoms. The van der Waals surface area contributed by atoms with Crippen LogP contribution < -0.4 is 0 Å². The molecule has 5 heteroatoms. The van der Waals surface area contributed by atoms with Gasteiger partial charge in [-0.05, 0) is 60.0 Å². The number of fused-ring (bicyclic) bond motifs is 1. The minimum absolute atomic E-state index is 0.255. The Hall–Kier alpha value is -2.66. The van der Waals surface area contributed by atoms with E-state index >= 15 is 0 Å². The number of rotatable bonds is 3. The molecule has 0 atom stereocenters. The van der Waals surface area contributed by atoms with E-state index in [1.54, 1.807) is 32.0 Å². The topological polar surface area (TPSA) is 62.0 Å². The van der Waals surface area contributed by atoms with E-state index in [1.165, 1.54) is 0 Å². The molecule has 4 nitrogen and oxygen atoms in total. The first kappa shape index (κ1) is 16.2. The van der Waals surface area contributed by atoms with Crippen LogP contribution in [0.2, 0.25) is 0 Å². The van der Waals surface area contributed by atoms with Crippen LogP contribution in [0.3, 0.4) is 0 Å². The van der Waals surface area contributed by atoms with Gasteiger partial charge in [-0.3, -0.25) is 4.79 Å². The normalized spacial score (nSPS) is 11.3. The van der Waals surface area contributed by atoms with Crippen LogP contribution >= 0.6 is 12.6 Å². The summed E-state index contributed by atoms with van der Waals surface area (Å²) in [7, 11) is 0. The fourth-order valence-electron chi connectivity index (χ4n) is 2.58. The smallest absolute Gasteiger partial charge is 0.218 e. The molecule has 1 N–H and O–H groups in total. The third-order valence-electron chi connectivity index (χ3n) is 3.84. The highest BCUT2D eigenvalue weighted by molar-refractivity contribution is 7.97. The summed E-state index contributed by atoms with van der Waals surface area (Å²) in [6, 6.07) is 14.8. The highest BCUT2D eigenvalue weighted by Gasteiger charge is 2.10. The Kier molecular flexibility index (Phi) is 4.36. The van der Waals surface area contributed by atoms with Crippen LogP contribution in [-0.2, 0) is 0 Å². The number of azo groups is 1. The zero-order chi connectivity index (χ0) is 17.3. The van der Waals surface area contributed by atoms with Gasteiger partial charge in [0.05, 0.1) is 16.9 Å². The molecule has 0 unspecified atom stereocenters. The fraction of sp³-hybridized carbons (Fsp3) is 0.105. The Morgan fingerprint density at radius 1 is 0.958 bits per heavy atom. The molecule has 0 saturated heterocycles. The summed E-state index contributed by atoms with van der Waals surface area (Å²) in [6.45, 7) is 3.61.